The van der Waals surface area contributed by atoms with E-state index in [1.165, 1.54) is 16.1 Å². The van der Waals surface area contributed by atoms with Crippen molar-refractivity contribution in [2.75, 3.05) is 33.7 Å². The number of carbonyl (C=O) groups excluding carboxylic acids is 1. The molecular weight excluding hydrogens is 290 g/mol. The van der Waals surface area contributed by atoms with Crippen LogP contribution in [0.4, 0.5) is 0 Å². The molecule has 1 saturated heterocycles. The average Bonchev–Trinajstić information content (AvgIpc) is 2.71. The largest absolute Gasteiger partial charge is 0.348 e. The zero-order valence-corrected chi connectivity index (χ0v) is 13.6. The summed E-state index contributed by atoms with van der Waals surface area (Å²) in [6.07, 6.45) is 0.742. The molecule has 0 radical (unpaired) electrons. The van der Waals surface area contributed by atoms with E-state index in [1.54, 1.807) is 14.1 Å². The molecular formula is C11H24ClN3O3S. The van der Waals surface area contributed by atoms with Crippen LogP contribution in [0.15, 0.2) is 0 Å². The van der Waals surface area contributed by atoms with E-state index in [0.717, 1.165) is 6.42 Å². The number of nitrogens with zero attached hydrogens (tertiary/aromatic N) is 2. The molecule has 0 aliphatic carbocycles. The molecule has 0 aromatic carbocycles. The van der Waals surface area contributed by atoms with Crippen molar-refractivity contribution in [3.05, 3.63) is 0 Å². The van der Waals surface area contributed by atoms with Crippen LogP contribution < -0.4 is 5.73 Å². The number of amides is 1. The minimum absolute atomic E-state index is 0. The Kier molecular flexibility index (Phi) is 6.26. The Bertz CT molecular complexity index is 427. The molecule has 0 spiro atoms. The Morgan fingerprint density at radius 2 is 2.00 bits per heavy atom. The molecule has 1 amide bonds. The summed E-state index contributed by atoms with van der Waals surface area (Å²) in [6.45, 7) is 4.71. The number of nitrogens with two attached hydrogens (primary N) is 1. The lowest BCUT2D eigenvalue weighted by atomic mass is 9.90. The van der Waals surface area contributed by atoms with Gasteiger partial charge in [-0.15, -0.1) is 12.4 Å². The fourth-order valence-corrected chi connectivity index (χ4v) is 3.83. The maximum atomic E-state index is 12.3. The van der Waals surface area contributed by atoms with Crippen molar-refractivity contribution in [2.45, 2.75) is 25.5 Å². The summed E-state index contributed by atoms with van der Waals surface area (Å²) in [4.78, 5) is 13.1. The van der Waals surface area contributed by atoms with Crippen LogP contribution in [0.5, 0.6) is 0 Å². The summed E-state index contributed by atoms with van der Waals surface area (Å²) >= 11 is 0. The lowest BCUT2D eigenvalue weighted by Crippen LogP contribution is -2.45. The van der Waals surface area contributed by atoms with Crippen molar-refractivity contribution in [2.24, 2.45) is 11.1 Å². The van der Waals surface area contributed by atoms with E-state index in [4.69, 9.17) is 5.73 Å². The quantitative estimate of drug-likeness (QED) is 0.784. The van der Waals surface area contributed by atoms with Gasteiger partial charge >= 0.3 is 0 Å². The molecule has 1 heterocycles. The van der Waals surface area contributed by atoms with E-state index in [-0.39, 0.29) is 17.8 Å². The van der Waals surface area contributed by atoms with Gasteiger partial charge in [0.2, 0.25) is 15.9 Å². The Hall–Kier alpha value is -0.370. The lowest BCUT2D eigenvalue weighted by molar-refractivity contribution is -0.128. The standard InChI is InChI=1S/C11H23N3O3S.ClH/c1-9(10(15)13(3)4)18(16,17)14-6-5-11(2,7-12)8-14;/h9H,5-8,12H2,1-4H3;1H. The number of sulfonamides is 1. The van der Waals surface area contributed by atoms with Gasteiger partial charge in [0.25, 0.3) is 0 Å². The minimum Gasteiger partial charge on any atom is -0.348 e. The molecule has 1 aliphatic rings. The Labute approximate surface area is 121 Å². The predicted octanol–water partition coefficient (Wildman–Crippen LogP) is -0.115. The molecule has 1 rings (SSSR count). The lowest BCUT2D eigenvalue weighted by Gasteiger charge is -2.25. The highest BCUT2D eigenvalue weighted by atomic mass is 35.5. The number of carbonyl (C=O) groups is 1. The summed E-state index contributed by atoms with van der Waals surface area (Å²) in [7, 11) is -0.462. The van der Waals surface area contributed by atoms with Gasteiger partial charge in [0.05, 0.1) is 0 Å². The van der Waals surface area contributed by atoms with Gasteiger partial charge in [-0.3, -0.25) is 4.79 Å². The van der Waals surface area contributed by atoms with Crippen LogP contribution >= 0.6 is 12.4 Å². The predicted molar refractivity (Wildman–Crippen MR) is 77.7 cm³/mol. The maximum absolute atomic E-state index is 12.3. The second kappa shape index (κ2) is 6.39. The van der Waals surface area contributed by atoms with Crippen molar-refractivity contribution in [1.82, 2.24) is 9.21 Å². The molecule has 0 aromatic rings. The molecule has 2 unspecified atom stereocenters. The third-order valence-corrected chi connectivity index (χ3v) is 5.74. The first-order valence-corrected chi connectivity index (χ1v) is 7.54. The van der Waals surface area contributed by atoms with E-state index in [1.807, 2.05) is 6.92 Å². The van der Waals surface area contributed by atoms with Gasteiger partial charge in [-0.1, -0.05) is 6.92 Å². The second-order valence-electron chi connectivity index (χ2n) is 5.52. The molecule has 0 aromatic heterocycles. The molecule has 2 N–H and O–H groups in total. The van der Waals surface area contributed by atoms with Crippen LogP contribution in [-0.2, 0) is 14.8 Å². The molecule has 114 valence electrons. The molecule has 0 bridgehead atoms. The van der Waals surface area contributed by atoms with Crippen LogP contribution in [0.1, 0.15) is 20.3 Å². The van der Waals surface area contributed by atoms with Gasteiger partial charge < -0.3 is 10.6 Å². The average molecular weight is 314 g/mol. The summed E-state index contributed by atoms with van der Waals surface area (Å²) in [6, 6.07) is 0. The van der Waals surface area contributed by atoms with E-state index >= 15 is 0 Å². The van der Waals surface area contributed by atoms with Crippen LogP contribution in [0.25, 0.3) is 0 Å². The molecule has 1 fully saturated rings. The van der Waals surface area contributed by atoms with Crippen molar-refractivity contribution < 1.29 is 13.2 Å². The van der Waals surface area contributed by atoms with Gasteiger partial charge in [-0.25, -0.2) is 12.7 Å². The molecule has 6 nitrogen and oxygen atoms in total. The number of rotatable bonds is 4. The number of halogens is 1. The first kappa shape index (κ1) is 18.6. The third-order valence-electron chi connectivity index (χ3n) is 3.61. The highest BCUT2D eigenvalue weighted by Crippen LogP contribution is 2.31. The van der Waals surface area contributed by atoms with Crippen LogP contribution in [0.2, 0.25) is 0 Å². The number of hydrogen-bond acceptors (Lipinski definition) is 4. The van der Waals surface area contributed by atoms with Crippen molar-refractivity contribution in [1.29, 1.82) is 0 Å². The summed E-state index contributed by atoms with van der Waals surface area (Å²) < 4.78 is 26.0. The van der Waals surface area contributed by atoms with Crippen molar-refractivity contribution >= 4 is 28.3 Å². The molecule has 2 atom stereocenters. The first-order chi connectivity index (χ1) is 8.14. The zero-order chi connectivity index (χ0) is 14.1. The normalized spacial score (nSPS) is 25.7. The fourth-order valence-electron chi connectivity index (χ4n) is 2.08. The van der Waals surface area contributed by atoms with Gasteiger partial charge in [0.15, 0.2) is 5.25 Å². The Morgan fingerprint density at radius 3 is 2.37 bits per heavy atom. The first-order valence-electron chi connectivity index (χ1n) is 6.04. The van der Waals surface area contributed by atoms with Gasteiger partial charge in [0, 0.05) is 27.2 Å². The van der Waals surface area contributed by atoms with E-state index in [9.17, 15) is 13.2 Å². The van der Waals surface area contributed by atoms with Crippen LogP contribution in [0.3, 0.4) is 0 Å². The summed E-state index contributed by atoms with van der Waals surface area (Å²) in [5.74, 6) is -0.392. The van der Waals surface area contributed by atoms with E-state index < -0.39 is 21.2 Å². The van der Waals surface area contributed by atoms with Crippen molar-refractivity contribution in [3.63, 3.8) is 0 Å². The maximum Gasteiger partial charge on any atom is 0.241 e. The number of hydrogen-bond donors (Lipinski definition) is 1. The molecule has 19 heavy (non-hydrogen) atoms. The fraction of sp³-hybridized carbons (Fsp3) is 0.909. The third kappa shape index (κ3) is 3.81. The van der Waals surface area contributed by atoms with Crippen LogP contribution in [0, 0.1) is 5.41 Å². The molecule has 1 aliphatic heterocycles. The second-order valence-corrected chi connectivity index (χ2v) is 7.77. The minimum atomic E-state index is -3.58. The van der Waals surface area contributed by atoms with Crippen molar-refractivity contribution in [3.8, 4) is 0 Å². The highest BCUT2D eigenvalue weighted by molar-refractivity contribution is 7.90. The smallest absolute Gasteiger partial charge is 0.241 e. The SMILES string of the molecule is CC(C(=O)N(C)C)S(=O)(=O)N1CCC(C)(CN)C1.Cl. The van der Waals surface area contributed by atoms with Gasteiger partial charge in [-0.05, 0) is 25.3 Å². The summed E-state index contributed by atoms with van der Waals surface area (Å²) in [5, 5.41) is -1.03. The Balaban J connectivity index is 0.00000324. The summed E-state index contributed by atoms with van der Waals surface area (Å²) in [5.41, 5.74) is 5.49. The van der Waals surface area contributed by atoms with Gasteiger partial charge in [0.1, 0.15) is 0 Å². The molecule has 8 heteroatoms. The van der Waals surface area contributed by atoms with Gasteiger partial charge in [-0.2, -0.15) is 0 Å². The van der Waals surface area contributed by atoms with E-state index in [2.05, 4.69) is 0 Å². The Morgan fingerprint density at radius 1 is 1.47 bits per heavy atom. The van der Waals surface area contributed by atoms with E-state index in [0.29, 0.717) is 19.6 Å². The topological polar surface area (TPSA) is 83.7 Å². The monoisotopic (exact) mass is 313 g/mol. The molecule has 0 saturated carbocycles. The van der Waals surface area contributed by atoms with Crippen LogP contribution in [-0.4, -0.2) is 62.5 Å². The highest BCUT2D eigenvalue weighted by Gasteiger charge is 2.42. The zero-order valence-electron chi connectivity index (χ0n) is 11.9.